The summed E-state index contributed by atoms with van der Waals surface area (Å²) in [5, 5.41) is 11.9. The molecule has 8 nitrogen and oxygen atoms in total. The van der Waals surface area contributed by atoms with Crippen molar-refractivity contribution < 1.29 is 33.8 Å². The molecule has 2 aromatic rings. The van der Waals surface area contributed by atoms with Crippen molar-refractivity contribution in [3.63, 3.8) is 0 Å². The number of carbonyl (C=O) groups is 4. The molecule has 4 rings (SSSR count). The van der Waals surface area contributed by atoms with Crippen LogP contribution in [-0.2, 0) is 11.2 Å². The SMILES string of the molecule is CC(=O)c1cc2c(c(C)c1O)OC(C)(COc1ccc(CC3SC(=O)NC3=O)cc1)CC2=O. The monoisotopic (exact) mass is 469 g/mol. The smallest absolute Gasteiger partial charge is 0.286 e. The summed E-state index contributed by atoms with van der Waals surface area (Å²) >= 11 is 0.985. The molecule has 172 valence electrons. The van der Waals surface area contributed by atoms with E-state index in [1.54, 1.807) is 26.0 Å². The van der Waals surface area contributed by atoms with Crippen LogP contribution in [0.2, 0.25) is 0 Å². The normalized spacial score (nSPS) is 21.9. The Labute approximate surface area is 194 Å². The van der Waals surface area contributed by atoms with Gasteiger partial charge in [0.25, 0.3) is 5.24 Å². The van der Waals surface area contributed by atoms with Gasteiger partial charge in [-0.3, -0.25) is 24.5 Å². The standard InChI is InChI=1S/C24H23NO7S/c1-12-20(28)16(13(2)26)9-17-18(27)10-24(3,32-21(12)17)11-31-15-6-4-14(5-7-15)8-19-22(29)25-23(30)33-19/h4-7,9,19,28H,8,10-11H2,1-3H3,(H,25,29,30). The van der Waals surface area contributed by atoms with Crippen molar-refractivity contribution in [1.29, 1.82) is 0 Å². The van der Waals surface area contributed by atoms with E-state index >= 15 is 0 Å². The van der Waals surface area contributed by atoms with Gasteiger partial charge in [-0.1, -0.05) is 23.9 Å². The maximum absolute atomic E-state index is 12.8. The van der Waals surface area contributed by atoms with Crippen LogP contribution in [0.3, 0.4) is 0 Å². The lowest BCUT2D eigenvalue weighted by Gasteiger charge is -2.35. The summed E-state index contributed by atoms with van der Waals surface area (Å²) in [4.78, 5) is 47.6. The highest BCUT2D eigenvalue weighted by molar-refractivity contribution is 8.15. The number of nitrogens with one attached hydrogen (secondary N) is 1. The minimum Gasteiger partial charge on any atom is -0.507 e. The van der Waals surface area contributed by atoms with Gasteiger partial charge in [0.2, 0.25) is 5.91 Å². The number of imide groups is 1. The first-order valence-corrected chi connectivity index (χ1v) is 11.3. The van der Waals surface area contributed by atoms with Gasteiger partial charge in [0.05, 0.1) is 22.8 Å². The number of Topliss-reactive ketones (excluding diaryl/α,β-unsaturated/α-hetero) is 2. The van der Waals surface area contributed by atoms with Crippen LogP contribution in [0.15, 0.2) is 30.3 Å². The zero-order valence-electron chi connectivity index (χ0n) is 18.4. The average Bonchev–Trinajstić information content (AvgIpc) is 3.07. The highest BCUT2D eigenvalue weighted by atomic mass is 32.2. The lowest BCUT2D eigenvalue weighted by atomic mass is 9.88. The maximum Gasteiger partial charge on any atom is 0.286 e. The molecule has 1 saturated heterocycles. The number of ether oxygens (including phenoxy) is 2. The molecule has 0 spiro atoms. The average molecular weight is 470 g/mol. The fraction of sp³-hybridized carbons (Fsp3) is 0.333. The second kappa shape index (κ2) is 8.55. The Bertz CT molecular complexity index is 1170. The third-order valence-electron chi connectivity index (χ3n) is 5.70. The molecule has 0 bridgehead atoms. The highest BCUT2D eigenvalue weighted by Gasteiger charge is 2.39. The first-order valence-electron chi connectivity index (χ1n) is 10.4. The number of benzene rings is 2. The lowest BCUT2D eigenvalue weighted by molar-refractivity contribution is -0.118. The van der Waals surface area contributed by atoms with E-state index in [2.05, 4.69) is 5.32 Å². The number of amides is 2. The van der Waals surface area contributed by atoms with E-state index in [1.807, 2.05) is 12.1 Å². The van der Waals surface area contributed by atoms with Crippen LogP contribution >= 0.6 is 11.8 Å². The molecule has 2 heterocycles. The van der Waals surface area contributed by atoms with Crippen molar-refractivity contribution in [2.45, 2.75) is 44.5 Å². The van der Waals surface area contributed by atoms with Crippen molar-refractivity contribution in [3.05, 3.63) is 52.6 Å². The van der Waals surface area contributed by atoms with Crippen molar-refractivity contribution >= 4 is 34.5 Å². The van der Waals surface area contributed by atoms with Gasteiger partial charge in [0.1, 0.15) is 29.5 Å². The number of hydrogen-bond donors (Lipinski definition) is 2. The van der Waals surface area contributed by atoms with E-state index < -0.39 is 10.9 Å². The number of hydrogen-bond acceptors (Lipinski definition) is 8. The molecule has 2 aliphatic heterocycles. The largest absolute Gasteiger partial charge is 0.507 e. The van der Waals surface area contributed by atoms with Gasteiger partial charge in [0.15, 0.2) is 11.6 Å². The van der Waals surface area contributed by atoms with E-state index in [0.29, 0.717) is 17.7 Å². The second-order valence-electron chi connectivity index (χ2n) is 8.50. The van der Waals surface area contributed by atoms with Crippen LogP contribution in [0, 0.1) is 6.92 Å². The fourth-order valence-electron chi connectivity index (χ4n) is 3.89. The van der Waals surface area contributed by atoms with Gasteiger partial charge in [-0.15, -0.1) is 0 Å². The molecule has 1 fully saturated rings. The van der Waals surface area contributed by atoms with Crippen molar-refractivity contribution in [3.8, 4) is 17.2 Å². The van der Waals surface area contributed by atoms with Crippen LogP contribution in [-0.4, -0.2) is 45.3 Å². The van der Waals surface area contributed by atoms with Crippen LogP contribution in [0.25, 0.3) is 0 Å². The van der Waals surface area contributed by atoms with Gasteiger partial charge in [-0.05, 0) is 51.0 Å². The molecule has 9 heteroatoms. The number of phenolic OH excluding ortho intramolecular Hbond substituents is 1. The van der Waals surface area contributed by atoms with Gasteiger partial charge in [0, 0.05) is 5.56 Å². The van der Waals surface area contributed by atoms with Crippen LogP contribution < -0.4 is 14.8 Å². The second-order valence-corrected chi connectivity index (χ2v) is 9.68. The molecule has 2 aliphatic rings. The molecule has 2 amide bonds. The van der Waals surface area contributed by atoms with Crippen LogP contribution in [0.5, 0.6) is 17.2 Å². The summed E-state index contributed by atoms with van der Waals surface area (Å²) in [7, 11) is 0. The summed E-state index contributed by atoms with van der Waals surface area (Å²) in [5.41, 5.74) is 0.650. The first kappa shape index (κ1) is 22.8. The van der Waals surface area contributed by atoms with E-state index in [4.69, 9.17) is 9.47 Å². The van der Waals surface area contributed by atoms with E-state index in [1.165, 1.54) is 13.0 Å². The summed E-state index contributed by atoms with van der Waals surface area (Å²) in [6.07, 6.45) is 0.487. The molecule has 0 aliphatic carbocycles. The minimum atomic E-state index is -0.962. The third-order valence-corrected chi connectivity index (χ3v) is 6.68. The number of phenols is 1. The molecule has 2 N–H and O–H groups in total. The van der Waals surface area contributed by atoms with Gasteiger partial charge < -0.3 is 14.6 Å². The Morgan fingerprint density at radius 2 is 1.97 bits per heavy atom. The molecule has 0 aromatic heterocycles. The molecule has 2 atom stereocenters. The summed E-state index contributed by atoms with van der Waals surface area (Å²) in [5.74, 6) is -0.166. The lowest BCUT2D eigenvalue weighted by Crippen LogP contribution is -2.44. The predicted molar refractivity (Wildman–Crippen MR) is 121 cm³/mol. The van der Waals surface area contributed by atoms with Crippen LogP contribution in [0.1, 0.15) is 52.1 Å². The number of ketones is 2. The topological polar surface area (TPSA) is 119 Å². The Balaban J connectivity index is 1.44. The Morgan fingerprint density at radius 1 is 1.27 bits per heavy atom. The predicted octanol–water partition coefficient (Wildman–Crippen LogP) is 3.60. The Morgan fingerprint density at radius 3 is 2.58 bits per heavy atom. The highest BCUT2D eigenvalue weighted by Crippen LogP contribution is 2.41. The molecular weight excluding hydrogens is 446 g/mol. The van der Waals surface area contributed by atoms with E-state index in [9.17, 15) is 24.3 Å². The summed E-state index contributed by atoms with van der Waals surface area (Å²) in [6, 6.07) is 8.54. The van der Waals surface area contributed by atoms with Gasteiger partial charge >= 0.3 is 0 Å². The minimum absolute atomic E-state index is 0.0572. The Kier molecular flexibility index (Phi) is 5.92. The van der Waals surface area contributed by atoms with Crippen LogP contribution in [0.4, 0.5) is 4.79 Å². The first-order chi connectivity index (χ1) is 15.6. The van der Waals surface area contributed by atoms with E-state index in [-0.39, 0.29) is 58.4 Å². The number of aromatic hydroxyl groups is 1. The zero-order chi connectivity index (χ0) is 23.9. The molecule has 2 unspecified atom stereocenters. The molecule has 33 heavy (non-hydrogen) atoms. The van der Waals surface area contributed by atoms with Crippen molar-refractivity contribution in [2.24, 2.45) is 0 Å². The number of rotatable bonds is 6. The third kappa shape index (κ3) is 4.59. The molecule has 0 saturated carbocycles. The van der Waals surface area contributed by atoms with E-state index in [0.717, 1.165) is 17.3 Å². The maximum atomic E-state index is 12.8. The summed E-state index contributed by atoms with van der Waals surface area (Å²) in [6.45, 7) is 4.78. The molecule has 0 radical (unpaired) electrons. The zero-order valence-corrected chi connectivity index (χ0v) is 19.2. The fourth-order valence-corrected chi connectivity index (χ4v) is 4.75. The van der Waals surface area contributed by atoms with Gasteiger partial charge in [-0.2, -0.15) is 0 Å². The quantitative estimate of drug-likeness (QED) is 0.616. The summed E-state index contributed by atoms with van der Waals surface area (Å²) < 4.78 is 12.0. The number of thioether (sulfide) groups is 1. The number of fused-ring (bicyclic) bond motifs is 1. The Hall–Kier alpha value is -3.33. The molecular formula is C24H23NO7S. The molecule has 2 aromatic carbocycles. The van der Waals surface area contributed by atoms with Crippen molar-refractivity contribution in [2.75, 3.05) is 6.61 Å². The number of carbonyl (C=O) groups excluding carboxylic acids is 4. The van der Waals surface area contributed by atoms with Crippen molar-refractivity contribution in [1.82, 2.24) is 5.32 Å². The van der Waals surface area contributed by atoms with Gasteiger partial charge in [-0.25, -0.2) is 0 Å².